The third-order valence-electron chi connectivity index (χ3n) is 3.59. The van der Waals surface area contributed by atoms with Crippen LogP contribution in [0.15, 0.2) is 10.6 Å². The summed E-state index contributed by atoms with van der Waals surface area (Å²) in [5, 5.41) is 6.69. The van der Waals surface area contributed by atoms with Crippen molar-refractivity contribution < 1.29 is 14.1 Å². The van der Waals surface area contributed by atoms with Crippen molar-refractivity contribution in [2.24, 2.45) is 0 Å². The molecule has 102 valence electrons. The molecule has 1 N–H and O–H groups in total. The summed E-state index contributed by atoms with van der Waals surface area (Å²) in [6.45, 7) is 2.35. The quantitative estimate of drug-likeness (QED) is 0.877. The summed E-state index contributed by atoms with van der Waals surface area (Å²) in [7, 11) is 0. The average Bonchev–Trinajstić information content (AvgIpc) is 2.92. The van der Waals surface area contributed by atoms with Crippen LogP contribution in [-0.2, 0) is 4.79 Å². The summed E-state index contributed by atoms with van der Waals surface area (Å²) in [4.78, 5) is 26.0. The Bertz CT molecular complexity index is 507. The smallest absolute Gasteiger partial charge is 0.276 e. The van der Waals surface area contributed by atoms with E-state index >= 15 is 0 Å². The molecular formula is C13H17N3O3. The standard InChI is InChI=1S/C13H17N3O3/c1-8-7-10(15-19-8)13(18)16-6-2-3-11(16)12(17)14-9-4-5-9/h7,9,11H,2-6H2,1H3,(H,14,17)/t11-/m0/s1. The van der Waals surface area contributed by atoms with Gasteiger partial charge in [0, 0.05) is 18.7 Å². The first-order chi connectivity index (χ1) is 9.15. The minimum absolute atomic E-state index is 0.0337. The van der Waals surface area contributed by atoms with Gasteiger partial charge in [-0.25, -0.2) is 0 Å². The fourth-order valence-electron chi connectivity index (χ4n) is 2.42. The van der Waals surface area contributed by atoms with Crippen LogP contribution < -0.4 is 5.32 Å². The molecule has 2 heterocycles. The normalized spacial score (nSPS) is 22.6. The van der Waals surface area contributed by atoms with Crippen molar-refractivity contribution in [3.63, 3.8) is 0 Å². The maximum atomic E-state index is 12.3. The zero-order valence-electron chi connectivity index (χ0n) is 10.9. The van der Waals surface area contributed by atoms with Gasteiger partial charge in [0.1, 0.15) is 11.8 Å². The average molecular weight is 263 g/mol. The van der Waals surface area contributed by atoms with Crippen molar-refractivity contribution in [1.82, 2.24) is 15.4 Å². The number of carbonyl (C=O) groups excluding carboxylic acids is 2. The molecule has 0 unspecified atom stereocenters. The summed E-state index contributed by atoms with van der Waals surface area (Å²) in [6.07, 6.45) is 3.68. The first-order valence-corrected chi connectivity index (χ1v) is 6.70. The minimum atomic E-state index is -0.356. The molecule has 1 aliphatic carbocycles. The lowest BCUT2D eigenvalue weighted by molar-refractivity contribution is -0.125. The first-order valence-electron chi connectivity index (χ1n) is 6.70. The van der Waals surface area contributed by atoms with E-state index < -0.39 is 0 Å². The second-order valence-electron chi connectivity index (χ2n) is 5.26. The number of amides is 2. The van der Waals surface area contributed by atoms with E-state index in [0.717, 1.165) is 25.7 Å². The minimum Gasteiger partial charge on any atom is -0.361 e. The molecule has 0 bridgehead atoms. The molecule has 1 aromatic heterocycles. The fraction of sp³-hybridized carbons (Fsp3) is 0.615. The van der Waals surface area contributed by atoms with E-state index in [1.807, 2.05) is 0 Å². The second kappa shape index (κ2) is 4.68. The van der Waals surface area contributed by atoms with E-state index in [4.69, 9.17) is 4.52 Å². The topological polar surface area (TPSA) is 75.4 Å². The van der Waals surface area contributed by atoms with Crippen molar-refractivity contribution in [2.75, 3.05) is 6.54 Å². The highest BCUT2D eigenvalue weighted by molar-refractivity contribution is 5.96. The van der Waals surface area contributed by atoms with Gasteiger partial charge in [0.15, 0.2) is 5.69 Å². The molecule has 1 saturated carbocycles. The summed E-state index contributed by atoms with van der Waals surface area (Å²) < 4.78 is 4.92. The number of aryl methyl sites for hydroxylation is 1. The van der Waals surface area contributed by atoms with Crippen molar-refractivity contribution >= 4 is 11.8 Å². The molecule has 1 aliphatic heterocycles. The predicted molar refractivity (Wildman–Crippen MR) is 66.5 cm³/mol. The molecule has 1 atom stereocenters. The lowest BCUT2D eigenvalue weighted by Gasteiger charge is -2.22. The van der Waals surface area contributed by atoms with E-state index in [0.29, 0.717) is 18.3 Å². The number of nitrogens with zero attached hydrogens (tertiary/aromatic N) is 2. The van der Waals surface area contributed by atoms with Gasteiger partial charge in [-0.3, -0.25) is 9.59 Å². The van der Waals surface area contributed by atoms with Crippen LogP contribution in [-0.4, -0.2) is 40.5 Å². The van der Waals surface area contributed by atoms with Gasteiger partial charge < -0.3 is 14.7 Å². The monoisotopic (exact) mass is 263 g/mol. The molecule has 19 heavy (non-hydrogen) atoms. The summed E-state index contributed by atoms with van der Waals surface area (Å²) in [6, 6.07) is 1.57. The number of rotatable bonds is 3. The highest BCUT2D eigenvalue weighted by atomic mass is 16.5. The van der Waals surface area contributed by atoms with Gasteiger partial charge in [0.2, 0.25) is 5.91 Å². The van der Waals surface area contributed by atoms with Crippen molar-refractivity contribution in [3.05, 3.63) is 17.5 Å². The van der Waals surface area contributed by atoms with Gasteiger partial charge in [0.25, 0.3) is 5.91 Å². The van der Waals surface area contributed by atoms with Gasteiger partial charge in [-0.2, -0.15) is 0 Å². The molecule has 0 spiro atoms. The van der Waals surface area contributed by atoms with Crippen LogP contribution in [0.2, 0.25) is 0 Å². The van der Waals surface area contributed by atoms with E-state index in [2.05, 4.69) is 10.5 Å². The Hall–Kier alpha value is -1.85. The molecule has 2 amide bonds. The van der Waals surface area contributed by atoms with Crippen molar-refractivity contribution in [1.29, 1.82) is 0 Å². The Morgan fingerprint density at radius 3 is 2.84 bits per heavy atom. The van der Waals surface area contributed by atoms with Gasteiger partial charge in [-0.1, -0.05) is 5.16 Å². The number of hydrogen-bond donors (Lipinski definition) is 1. The zero-order valence-corrected chi connectivity index (χ0v) is 10.9. The summed E-state index contributed by atoms with van der Waals surface area (Å²) >= 11 is 0. The number of likely N-dealkylation sites (tertiary alicyclic amines) is 1. The third-order valence-corrected chi connectivity index (χ3v) is 3.59. The highest BCUT2D eigenvalue weighted by Crippen LogP contribution is 2.23. The first kappa shape index (κ1) is 12.2. The third kappa shape index (κ3) is 2.47. The lowest BCUT2D eigenvalue weighted by Crippen LogP contribution is -2.46. The van der Waals surface area contributed by atoms with Crippen LogP contribution in [0.5, 0.6) is 0 Å². The van der Waals surface area contributed by atoms with Gasteiger partial charge in [-0.15, -0.1) is 0 Å². The Morgan fingerprint density at radius 2 is 2.21 bits per heavy atom. The predicted octanol–water partition coefficient (Wildman–Crippen LogP) is 0.866. The van der Waals surface area contributed by atoms with E-state index in [1.54, 1.807) is 17.9 Å². The molecule has 0 radical (unpaired) electrons. The van der Waals surface area contributed by atoms with Gasteiger partial charge in [0.05, 0.1) is 0 Å². The van der Waals surface area contributed by atoms with E-state index in [-0.39, 0.29) is 23.6 Å². The second-order valence-corrected chi connectivity index (χ2v) is 5.26. The Morgan fingerprint density at radius 1 is 1.42 bits per heavy atom. The largest absolute Gasteiger partial charge is 0.361 e. The Labute approximate surface area is 111 Å². The number of carbonyl (C=O) groups is 2. The van der Waals surface area contributed by atoms with E-state index in [9.17, 15) is 9.59 Å². The molecule has 3 rings (SSSR count). The van der Waals surface area contributed by atoms with E-state index in [1.165, 1.54) is 0 Å². The molecular weight excluding hydrogens is 246 g/mol. The highest BCUT2D eigenvalue weighted by Gasteiger charge is 2.37. The van der Waals surface area contributed by atoms with Crippen molar-refractivity contribution in [2.45, 2.75) is 44.7 Å². The Kier molecular flexibility index (Phi) is 3.00. The van der Waals surface area contributed by atoms with Crippen molar-refractivity contribution in [3.8, 4) is 0 Å². The van der Waals surface area contributed by atoms with Crippen LogP contribution in [0.25, 0.3) is 0 Å². The molecule has 6 nitrogen and oxygen atoms in total. The van der Waals surface area contributed by atoms with Gasteiger partial charge >= 0.3 is 0 Å². The molecule has 1 aromatic rings. The molecule has 2 aliphatic rings. The van der Waals surface area contributed by atoms with Crippen LogP contribution in [0.3, 0.4) is 0 Å². The number of nitrogens with one attached hydrogen (secondary N) is 1. The summed E-state index contributed by atoms with van der Waals surface area (Å²) in [5.74, 6) is 0.348. The van der Waals surface area contributed by atoms with Crippen LogP contribution >= 0.6 is 0 Å². The van der Waals surface area contributed by atoms with Crippen LogP contribution in [0.1, 0.15) is 41.9 Å². The van der Waals surface area contributed by atoms with Gasteiger partial charge in [-0.05, 0) is 32.6 Å². The SMILES string of the molecule is Cc1cc(C(=O)N2CCC[C@H]2C(=O)NC2CC2)no1. The fourth-order valence-corrected chi connectivity index (χ4v) is 2.42. The number of hydrogen-bond acceptors (Lipinski definition) is 4. The Balaban J connectivity index is 1.71. The molecule has 6 heteroatoms. The lowest BCUT2D eigenvalue weighted by atomic mass is 10.2. The zero-order chi connectivity index (χ0) is 13.4. The molecule has 0 aromatic carbocycles. The number of aromatic nitrogens is 1. The maximum absolute atomic E-state index is 12.3. The van der Waals surface area contributed by atoms with Crippen LogP contribution in [0, 0.1) is 6.92 Å². The van der Waals surface area contributed by atoms with Crippen LogP contribution in [0.4, 0.5) is 0 Å². The summed E-state index contributed by atoms with van der Waals surface area (Å²) in [5.41, 5.74) is 0.281. The maximum Gasteiger partial charge on any atom is 0.276 e. The molecule has 1 saturated heterocycles. The molecule has 2 fully saturated rings.